The lowest BCUT2D eigenvalue weighted by molar-refractivity contribution is 0.189. The molecular formula is C17H19FO2. The van der Waals surface area contributed by atoms with Crippen LogP contribution < -0.4 is 4.74 Å². The summed E-state index contributed by atoms with van der Waals surface area (Å²) in [6, 6.07) is 10.4. The Labute approximate surface area is 118 Å². The van der Waals surface area contributed by atoms with E-state index in [1.54, 1.807) is 13.0 Å². The predicted molar refractivity (Wildman–Crippen MR) is 77.3 cm³/mol. The van der Waals surface area contributed by atoms with Crippen LogP contribution >= 0.6 is 0 Å². The number of hydrogen-bond donors (Lipinski definition) is 1. The molecule has 0 spiro atoms. The van der Waals surface area contributed by atoms with Gasteiger partial charge in [-0.1, -0.05) is 23.8 Å². The van der Waals surface area contributed by atoms with Crippen LogP contribution in [0, 0.1) is 19.7 Å². The average molecular weight is 274 g/mol. The van der Waals surface area contributed by atoms with E-state index in [0.717, 1.165) is 11.1 Å². The first kappa shape index (κ1) is 14.5. The molecule has 0 radical (unpaired) electrons. The third-order valence-corrected chi connectivity index (χ3v) is 3.31. The van der Waals surface area contributed by atoms with E-state index in [1.165, 1.54) is 17.7 Å². The molecule has 0 saturated carbocycles. The Kier molecular flexibility index (Phi) is 4.40. The molecule has 2 nitrogen and oxygen atoms in total. The Morgan fingerprint density at radius 2 is 1.90 bits per heavy atom. The van der Waals surface area contributed by atoms with Crippen molar-refractivity contribution in [3.63, 3.8) is 0 Å². The minimum Gasteiger partial charge on any atom is -0.489 e. The van der Waals surface area contributed by atoms with Crippen LogP contribution in [0.25, 0.3) is 0 Å². The molecular weight excluding hydrogens is 255 g/mol. The molecule has 3 heteroatoms. The molecule has 106 valence electrons. The maximum Gasteiger partial charge on any atom is 0.125 e. The van der Waals surface area contributed by atoms with Crippen molar-refractivity contribution in [2.75, 3.05) is 0 Å². The number of ether oxygens (including phenoxy) is 1. The zero-order chi connectivity index (χ0) is 14.7. The number of hydrogen-bond acceptors (Lipinski definition) is 2. The molecule has 1 unspecified atom stereocenters. The highest BCUT2D eigenvalue weighted by Crippen LogP contribution is 2.27. The summed E-state index contributed by atoms with van der Waals surface area (Å²) in [5, 5.41) is 9.68. The zero-order valence-electron chi connectivity index (χ0n) is 12.0. The largest absolute Gasteiger partial charge is 0.489 e. The van der Waals surface area contributed by atoms with Crippen molar-refractivity contribution in [1.29, 1.82) is 0 Å². The summed E-state index contributed by atoms with van der Waals surface area (Å²) < 4.78 is 19.0. The van der Waals surface area contributed by atoms with E-state index in [0.29, 0.717) is 17.9 Å². The topological polar surface area (TPSA) is 29.5 Å². The molecule has 2 rings (SSSR count). The van der Waals surface area contributed by atoms with E-state index in [-0.39, 0.29) is 5.82 Å². The third-order valence-electron chi connectivity index (χ3n) is 3.31. The monoisotopic (exact) mass is 274 g/mol. The maximum absolute atomic E-state index is 13.2. The number of aryl methyl sites for hydroxylation is 2. The van der Waals surface area contributed by atoms with Crippen LogP contribution in [0.3, 0.4) is 0 Å². The molecule has 0 aromatic heterocycles. The van der Waals surface area contributed by atoms with Crippen LogP contribution in [0.4, 0.5) is 4.39 Å². The lowest BCUT2D eigenvalue weighted by Crippen LogP contribution is -2.03. The Balaban J connectivity index is 2.20. The molecule has 0 heterocycles. The van der Waals surface area contributed by atoms with E-state index in [9.17, 15) is 9.50 Å². The highest BCUT2D eigenvalue weighted by molar-refractivity contribution is 5.36. The Bertz CT molecular complexity index is 606. The Hall–Kier alpha value is -1.87. The minimum absolute atomic E-state index is 0.375. The number of aliphatic hydroxyl groups excluding tert-OH is 1. The van der Waals surface area contributed by atoms with Gasteiger partial charge in [-0.2, -0.15) is 0 Å². The fraction of sp³-hybridized carbons (Fsp3) is 0.294. The first-order chi connectivity index (χ1) is 9.47. The van der Waals surface area contributed by atoms with Crippen molar-refractivity contribution in [2.24, 2.45) is 0 Å². The Morgan fingerprint density at radius 3 is 2.60 bits per heavy atom. The Morgan fingerprint density at radius 1 is 1.15 bits per heavy atom. The van der Waals surface area contributed by atoms with Gasteiger partial charge in [0.25, 0.3) is 0 Å². The lowest BCUT2D eigenvalue weighted by atomic mass is 10.1. The van der Waals surface area contributed by atoms with Crippen molar-refractivity contribution < 1.29 is 14.2 Å². The highest BCUT2D eigenvalue weighted by Gasteiger charge is 2.11. The standard InChI is InChI=1S/C17H19FO2/c1-11-4-5-12(2)14(8-11)10-20-17-7-6-15(18)9-16(17)13(3)19/h4-9,13,19H,10H2,1-3H3. The molecule has 1 N–H and O–H groups in total. The van der Waals surface area contributed by atoms with Gasteiger partial charge in [0.05, 0.1) is 6.10 Å². The SMILES string of the molecule is Cc1ccc(C)c(COc2ccc(F)cc2C(C)O)c1. The first-order valence-electron chi connectivity index (χ1n) is 6.64. The van der Waals surface area contributed by atoms with Gasteiger partial charge in [0.15, 0.2) is 0 Å². The van der Waals surface area contributed by atoms with E-state index in [4.69, 9.17) is 4.74 Å². The quantitative estimate of drug-likeness (QED) is 0.910. The van der Waals surface area contributed by atoms with E-state index >= 15 is 0 Å². The summed E-state index contributed by atoms with van der Waals surface area (Å²) in [6.07, 6.45) is -0.765. The molecule has 0 aliphatic carbocycles. The number of rotatable bonds is 4. The summed E-state index contributed by atoms with van der Waals surface area (Å²) in [5.74, 6) is 0.141. The van der Waals surface area contributed by atoms with Gasteiger partial charge in [-0.15, -0.1) is 0 Å². The van der Waals surface area contributed by atoms with Crippen LogP contribution in [0.1, 0.15) is 35.3 Å². The highest BCUT2D eigenvalue weighted by atomic mass is 19.1. The fourth-order valence-corrected chi connectivity index (χ4v) is 2.09. The smallest absolute Gasteiger partial charge is 0.125 e. The van der Waals surface area contributed by atoms with Crippen molar-refractivity contribution in [2.45, 2.75) is 33.5 Å². The summed E-state index contributed by atoms with van der Waals surface area (Å²) in [4.78, 5) is 0. The molecule has 2 aromatic rings. The second-order valence-corrected chi connectivity index (χ2v) is 5.08. The van der Waals surface area contributed by atoms with Crippen molar-refractivity contribution in [1.82, 2.24) is 0 Å². The van der Waals surface area contributed by atoms with Gasteiger partial charge < -0.3 is 9.84 Å². The molecule has 0 aliphatic rings. The van der Waals surface area contributed by atoms with Gasteiger partial charge in [-0.05, 0) is 50.1 Å². The van der Waals surface area contributed by atoms with Gasteiger partial charge in [-0.3, -0.25) is 0 Å². The van der Waals surface area contributed by atoms with Crippen molar-refractivity contribution >= 4 is 0 Å². The molecule has 0 amide bonds. The molecule has 0 bridgehead atoms. The molecule has 0 saturated heterocycles. The fourth-order valence-electron chi connectivity index (χ4n) is 2.09. The van der Waals surface area contributed by atoms with E-state index in [2.05, 4.69) is 12.1 Å². The van der Waals surface area contributed by atoms with Crippen molar-refractivity contribution in [3.05, 3.63) is 64.5 Å². The van der Waals surface area contributed by atoms with Gasteiger partial charge in [0, 0.05) is 5.56 Å². The van der Waals surface area contributed by atoms with Crippen LogP contribution in [0.5, 0.6) is 5.75 Å². The van der Waals surface area contributed by atoms with E-state index < -0.39 is 6.10 Å². The second-order valence-electron chi connectivity index (χ2n) is 5.08. The minimum atomic E-state index is -0.765. The number of halogens is 1. The van der Waals surface area contributed by atoms with Crippen LogP contribution in [0.15, 0.2) is 36.4 Å². The summed E-state index contributed by atoms with van der Waals surface area (Å²) in [7, 11) is 0. The first-order valence-corrected chi connectivity index (χ1v) is 6.64. The zero-order valence-corrected chi connectivity index (χ0v) is 12.0. The van der Waals surface area contributed by atoms with E-state index in [1.807, 2.05) is 19.9 Å². The molecule has 1 atom stereocenters. The maximum atomic E-state index is 13.2. The van der Waals surface area contributed by atoms with Crippen LogP contribution in [0.2, 0.25) is 0 Å². The second kappa shape index (κ2) is 6.06. The summed E-state index contributed by atoms with van der Waals surface area (Å²) in [6.45, 7) is 6.05. The molecule has 0 fully saturated rings. The van der Waals surface area contributed by atoms with Crippen LogP contribution in [-0.4, -0.2) is 5.11 Å². The molecule has 20 heavy (non-hydrogen) atoms. The normalized spacial score (nSPS) is 12.2. The van der Waals surface area contributed by atoms with Gasteiger partial charge in [0.2, 0.25) is 0 Å². The predicted octanol–water partition coefficient (Wildman–Crippen LogP) is 4.07. The van der Waals surface area contributed by atoms with Crippen molar-refractivity contribution in [3.8, 4) is 5.75 Å². The summed E-state index contributed by atoms with van der Waals surface area (Å²) >= 11 is 0. The molecule has 2 aromatic carbocycles. The van der Waals surface area contributed by atoms with Gasteiger partial charge in [0.1, 0.15) is 18.2 Å². The molecule has 0 aliphatic heterocycles. The summed E-state index contributed by atoms with van der Waals surface area (Å²) in [5.41, 5.74) is 3.88. The lowest BCUT2D eigenvalue weighted by Gasteiger charge is -2.15. The third kappa shape index (κ3) is 3.36. The van der Waals surface area contributed by atoms with Gasteiger partial charge >= 0.3 is 0 Å². The number of aliphatic hydroxyl groups is 1. The average Bonchev–Trinajstić information content (AvgIpc) is 2.40. The number of benzene rings is 2. The van der Waals surface area contributed by atoms with Gasteiger partial charge in [-0.25, -0.2) is 4.39 Å². The van der Waals surface area contributed by atoms with Crippen LogP contribution in [-0.2, 0) is 6.61 Å².